The number of phenols is 1. The predicted octanol–water partition coefficient (Wildman–Crippen LogP) is 3.96. The van der Waals surface area contributed by atoms with Gasteiger partial charge in [0, 0.05) is 43.8 Å². The summed E-state index contributed by atoms with van der Waals surface area (Å²) in [6.45, 7) is 7.80. The zero-order valence-electron chi connectivity index (χ0n) is 16.1. The molecule has 1 radical (unpaired) electrons. The summed E-state index contributed by atoms with van der Waals surface area (Å²) in [5, 5.41) is 19.8. The van der Waals surface area contributed by atoms with Crippen molar-refractivity contribution in [2.45, 2.75) is 46.4 Å². The Labute approximate surface area is 174 Å². The molecule has 2 rings (SSSR count). The first kappa shape index (κ1) is 23.1. The molecule has 0 spiro atoms. The second-order valence-corrected chi connectivity index (χ2v) is 6.87. The summed E-state index contributed by atoms with van der Waals surface area (Å²) in [7, 11) is 0. The van der Waals surface area contributed by atoms with Crippen LogP contribution in [0.2, 0.25) is 0 Å². The van der Waals surface area contributed by atoms with E-state index in [-0.39, 0.29) is 50.5 Å². The molecule has 0 aliphatic carbocycles. The van der Waals surface area contributed by atoms with Gasteiger partial charge in [-0.1, -0.05) is 36.4 Å². The summed E-state index contributed by atoms with van der Waals surface area (Å²) in [4.78, 5) is 14.8. The van der Waals surface area contributed by atoms with E-state index >= 15 is 0 Å². The van der Waals surface area contributed by atoms with Crippen LogP contribution in [0.4, 0.5) is 0 Å². The maximum absolute atomic E-state index is 13.0. The molecule has 0 saturated carbocycles. The Morgan fingerprint density at radius 3 is 2.15 bits per heavy atom. The Morgan fingerprint density at radius 2 is 1.63 bits per heavy atom. The van der Waals surface area contributed by atoms with E-state index < -0.39 is 0 Å². The van der Waals surface area contributed by atoms with Crippen LogP contribution in [0.3, 0.4) is 0 Å². The molecule has 2 aromatic rings. The third-order valence-electron chi connectivity index (χ3n) is 4.25. The first-order chi connectivity index (χ1) is 12.3. The van der Waals surface area contributed by atoms with Gasteiger partial charge in [-0.05, 0) is 56.5 Å². The molecule has 0 aromatic heterocycles. The van der Waals surface area contributed by atoms with Crippen LogP contribution in [-0.4, -0.2) is 33.1 Å². The minimum Gasteiger partial charge on any atom is -0.507 e. The number of hydrogen-bond acceptors (Lipinski definition) is 3. The topological polar surface area (TPSA) is 60.8 Å². The Morgan fingerprint density at radius 1 is 1.04 bits per heavy atom. The van der Waals surface area contributed by atoms with E-state index in [9.17, 15) is 15.0 Å². The summed E-state index contributed by atoms with van der Waals surface area (Å²) in [5.41, 5.74) is 2.67. The molecule has 4 nitrogen and oxygen atoms in total. The second kappa shape index (κ2) is 10.4. The van der Waals surface area contributed by atoms with Crippen molar-refractivity contribution < 1.29 is 35.1 Å². The summed E-state index contributed by atoms with van der Waals surface area (Å²) >= 11 is 0. The summed E-state index contributed by atoms with van der Waals surface area (Å²) in [6.07, 6.45) is 1.57. The van der Waals surface area contributed by atoms with Crippen molar-refractivity contribution in [1.82, 2.24) is 4.90 Å². The van der Waals surface area contributed by atoms with E-state index in [4.69, 9.17) is 0 Å². The number of carbonyl (C=O) groups is 1. The Hall–Kier alpha value is -1.94. The molecule has 0 atom stereocenters. The van der Waals surface area contributed by atoms with Crippen LogP contribution in [0.25, 0.3) is 5.57 Å². The van der Waals surface area contributed by atoms with Crippen LogP contribution in [-0.2, 0) is 31.5 Å². The zero-order valence-corrected chi connectivity index (χ0v) is 18.5. The number of benzene rings is 2. The molecule has 0 saturated heterocycles. The molecule has 1 amide bonds. The molecule has 0 aliphatic rings. The quantitative estimate of drug-likeness (QED) is 0.541. The maximum atomic E-state index is 13.0. The number of aromatic hydroxyl groups is 1. The minimum atomic E-state index is -0.132. The van der Waals surface area contributed by atoms with Crippen LogP contribution >= 0.6 is 0 Å². The van der Waals surface area contributed by atoms with E-state index in [1.54, 1.807) is 29.2 Å². The van der Waals surface area contributed by atoms with Gasteiger partial charge in [-0.25, -0.2) is 0 Å². The Bertz CT molecular complexity index is 777. The number of rotatable bonds is 6. The molecular formula is C22H27IrNO3. The zero-order chi connectivity index (χ0) is 19.3. The molecule has 0 fully saturated rings. The van der Waals surface area contributed by atoms with Gasteiger partial charge < -0.3 is 15.1 Å². The van der Waals surface area contributed by atoms with E-state index in [0.717, 1.165) is 5.56 Å². The van der Waals surface area contributed by atoms with Crippen molar-refractivity contribution >= 4 is 11.5 Å². The SMILES string of the molecule is CC(C)N(C(=O)/C=C(\c1ccccc1)c1cc(CO)ccc1O)C(C)C.[Ir]. The second-order valence-electron chi connectivity index (χ2n) is 6.87. The van der Waals surface area contributed by atoms with Gasteiger partial charge in [-0.2, -0.15) is 0 Å². The number of hydrogen-bond donors (Lipinski definition) is 2. The first-order valence-corrected chi connectivity index (χ1v) is 8.87. The van der Waals surface area contributed by atoms with Crippen molar-refractivity contribution in [3.63, 3.8) is 0 Å². The van der Waals surface area contributed by atoms with Crippen molar-refractivity contribution in [2.24, 2.45) is 0 Å². The van der Waals surface area contributed by atoms with Crippen molar-refractivity contribution in [2.75, 3.05) is 0 Å². The number of phenolic OH excluding ortho intramolecular Hbond substituents is 1. The first-order valence-electron chi connectivity index (χ1n) is 8.87. The fourth-order valence-corrected chi connectivity index (χ4v) is 3.13. The number of aliphatic hydroxyl groups is 1. The molecule has 147 valence electrons. The largest absolute Gasteiger partial charge is 0.507 e. The minimum absolute atomic E-state index is 0. The van der Waals surface area contributed by atoms with E-state index in [1.165, 1.54) is 0 Å². The molecule has 0 unspecified atom stereocenters. The molecule has 5 heteroatoms. The smallest absolute Gasteiger partial charge is 0.247 e. The summed E-state index contributed by atoms with van der Waals surface area (Å²) in [6, 6.07) is 14.5. The van der Waals surface area contributed by atoms with Crippen LogP contribution < -0.4 is 0 Å². The van der Waals surface area contributed by atoms with Gasteiger partial charge in [-0.15, -0.1) is 0 Å². The van der Waals surface area contributed by atoms with E-state index in [1.807, 2.05) is 58.0 Å². The van der Waals surface area contributed by atoms with Crippen molar-refractivity contribution in [1.29, 1.82) is 0 Å². The number of amides is 1. The van der Waals surface area contributed by atoms with Crippen molar-refractivity contribution in [3.05, 3.63) is 71.3 Å². The van der Waals surface area contributed by atoms with E-state index in [2.05, 4.69) is 0 Å². The fraction of sp³-hybridized carbons (Fsp3) is 0.318. The maximum Gasteiger partial charge on any atom is 0.247 e. The van der Waals surface area contributed by atoms with Gasteiger partial charge in [-0.3, -0.25) is 4.79 Å². The van der Waals surface area contributed by atoms with Gasteiger partial charge in [0.05, 0.1) is 6.61 Å². The summed E-state index contributed by atoms with van der Waals surface area (Å²) in [5.74, 6) is -0.0339. The van der Waals surface area contributed by atoms with Crippen LogP contribution in [0.1, 0.15) is 44.4 Å². The molecule has 0 bridgehead atoms. The molecular weight excluding hydrogens is 518 g/mol. The summed E-state index contributed by atoms with van der Waals surface area (Å²) < 4.78 is 0. The van der Waals surface area contributed by atoms with Gasteiger partial charge in [0.15, 0.2) is 0 Å². The van der Waals surface area contributed by atoms with Crippen LogP contribution in [0.5, 0.6) is 5.75 Å². The Balaban J connectivity index is 0.00000364. The molecule has 0 aliphatic heterocycles. The normalized spacial score (nSPS) is 11.4. The van der Waals surface area contributed by atoms with Crippen LogP contribution in [0, 0.1) is 0 Å². The van der Waals surface area contributed by atoms with Gasteiger partial charge in [0.25, 0.3) is 0 Å². The third kappa shape index (κ3) is 5.77. The van der Waals surface area contributed by atoms with Gasteiger partial charge in [0.2, 0.25) is 5.91 Å². The number of nitrogens with zero attached hydrogens (tertiary/aromatic N) is 1. The van der Waals surface area contributed by atoms with Gasteiger partial charge >= 0.3 is 0 Å². The standard InChI is InChI=1S/C22H27NO3.Ir/c1-15(2)23(16(3)4)22(26)13-19(18-8-6-5-7-9-18)20-12-17(14-24)10-11-21(20)25;/h5-13,15-16,24-25H,14H2,1-4H3;/b19-13+;. The average molecular weight is 546 g/mol. The number of carbonyl (C=O) groups excluding carboxylic acids is 1. The Kier molecular flexibility index (Phi) is 8.90. The van der Waals surface area contributed by atoms with E-state index in [0.29, 0.717) is 16.7 Å². The molecule has 2 N–H and O–H groups in total. The molecule has 2 aromatic carbocycles. The van der Waals surface area contributed by atoms with Crippen molar-refractivity contribution in [3.8, 4) is 5.75 Å². The molecule has 0 heterocycles. The fourth-order valence-electron chi connectivity index (χ4n) is 3.13. The molecule has 27 heavy (non-hydrogen) atoms. The van der Waals surface area contributed by atoms with Crippen LogP contribution in [0.15, 0.2) is 54.6 Å². The third-order valence-corrected chi connectivity index (χ3v) is 4.25. The monoisotopic (exact) mass is 546 g/mol. The average Bonchev–Trinajstić information content (AvgIpc) is 2.60. The predicted molar refractivity (Wildman–Crippen MR) is 105 cm³/mol. The number of aliphatic hydroxyl groups excluding tert-OH is 1. The van der Waals surface area contributed by atoms with Gasteiger partial charge in [0.1, 0.15) is 5.75 Å².